The minimum absolute atomic E-state index is 0.404. The summed E-state index contributed by atoms with van der Waals surface area (Å²) in [6.07, 6.45) is 0.957. The van der Waals surface area contributed by atoms with Crippen LogP contribution in [0.25, 0.3) is 11.0 Å². The molecule has 0 aliphatic rings. The lowest BCUT2D eigenvalue weighted by atomic mass is 10.1. The first-order valence-electron chi connectivity index (χ1n) is 6.52. The van der Waals surface area contributed by atoms with Crippen LogP contribution in [0.4, 0.5) is 0 Å². The molecule has 0 radical (unpaired) electrons. The minimum Gasteiger partial charge on any atom is -0.327 e. The zero-order valence-corrected chi connectivity index (χ0v) is 12.4. The largest absolute Gasteiger partial charge is 0.327 e. The summed E-state index contributed by atoms with van der Waals surface area (Å²) in [6.45, 7) is 0.865. The van der Waals surface area contributed by atoms with E-state index in [0.717, 1.165) is 29.8 Å². The fraction of sp³-hybridized carbons (Fsp3) is 0.188. The maximum absolute atomic E-state index is 6.01. The molecule has 0 amide bonds. The molecule has 3 rings (SSSR count). The first-order chi connectivity index (χ1) is 9.78. The highest BCUT2D eigenvalue weighted by atomic mass is 35.5. The summed E-state index contributed by atoms with van der Waals surface area (Å²) >= 11 is 12.0. The Morgan fingerprint density at radius 3 is 2.60 bits per heavy atom. The second-order valence-electron chi connectivity index (χ2n) is 4.68. The quantitative estimate of drug-likeness (QED) is 0.640. The van der Waals surface area contributed by atoms with E-state index in [1.807, 2.05) is 24.3 Å². The van der Waals surface area contributed by atoms with E-state index in [1.165, 1.54) is 5.56 Å². The summed E-state index contributed by atoms with van der Waals surface area (Å²) in [4.78, 5) is 4.55. The molecule has 2 nitrogen and oxygen atoms in total. The van der Waals surface area contributed by atoms with Gasteiger partial charge in [0.2, 0.25) is 0 Å². The third-order valence-electron chi connectivity index (χ3n) is 3.38. The van der Waals surface area contributed by atoms with Gasteiger partial charge >= 0.3 is 0 Å². The number of nitrogens with zero attached hydrogens (tertiary/aromatic N) is 2. The van der Waals surface area contributed by atoms with Gasteiger partial charge in [-0.05, 0) is 30.2 Å². The molecule has 0 atom stereocenters. The minimum atomic E-state index is 0.404. The van der Waals surface area contributed by atoms with Crippen LogP contribution in [-0.2, 0) is 18.8 Å². The van der Waals surface area contributed by atoms with Crippen LogP contribution in [0, 0.1) is 0 Å². The SMILES string of the molecule is ClCc1nc2cc(Cl)ccc2n1CCc1ccccc1. The Morgan fingerprint density at radius 1 is 1.05 bits per heavy atom. The molecule has 102 valence electrons. The molecule has 3 aromatic rings. The molecule has 0 spiro atoms. The molecule has 0 aliphatic carbocycles. The van der Waals surface area contributed by atoms with Crippen LogP contribution in [0.1, 0.15) is 11.4 Å². The average Bonchev–Trinajstić information content (AvgIpc) is 2.83. The summed E-state index contributed by atoms with van der Waals surface area (Å²) in [5, 5.41) is 0.700. The second kappa shape index (κ2) is 5.86. The maximum Gasteiger partial charge on any atom is 0.124 e. The summed E-state index contributed by atoms with van der Waals surface area (Å²) < 4.78 is 2.17. The molecule has 0 bridgehead atoms. The van der Waals surface area contributed by atoms with Crippen LogP contribution in [-0.4, -0.2) is 9.55 Å². The number of rotatable bonds is 4. The number of aryl methyl sites for hydroxylation is 2. The van der Waals surface area contributed by atoms with E-state index in [4.69, 9.17) is 23.2 Å². The van der Waals surface area contributed by atoms with Gasteiger partial charge in [0.05, 0.1) is 16.9 Å². The highest BCUT2D eigenvalue weighted by Gasteiger charge is 2.10. The van der Waals surface area contributed by atoms with E-state index in [1.54, 1.807) is 0 Å². The van der Waals surface area contributed by atoms with Crippen molar-refractivity contribution in [1.82, 2.24) is 9.55 Å². The molecule has 1 heterocycles. The molecule has 20 heavy (non-hydrogen) atoms. The van der Waals surface area contributed by atoms with Gasteiger partial charge in [-0.15, -0.1) is 11.6 Å². The highest BCUT2D eigenvalue weighted by Crippen LogP contribution is 2.22. The standard InChI is InChI=1S/C16H14Cl2N2/c17-11-16-19-14-10-13(18)6-7-15(14)20(16)9-8-12-4-2-1-3-5-12/h1-7,10H,8-9,11H2. The summed E-state index contributed by atoms with van der Waals surface area (Å²) in [7, 11) is 0. The fourth-order valence-electron chi connectivity index (χ4n) is 2.39. The van der Waals surface area contributed by atoms with E-state index in [0.29, 0.717) is 10.9 Å². The molecule has 0 aliphatic heterocycles. The van der Waals surface area contributed by atoms with Gasteiger partial charge < -0.3 is 4.57 Å². The summed E-state index contributed by atoms with van der Waals surface area (Å²) in [5.41, 5.74) is 3.30. The fourth-order valence-corrected chi connectivity index (χ4v) is 2.76. The van der Waals surface area contributed by atoms with E-state index in [-0.39, 0.29) is 0 Å². The first kappa shape index (κ1) is 13.5. The zero-order valence-electron chi connectivity index (χ0n) is 10.9. The number of hydrogen-bond acceptors (Lipinski definition) is 1. The number of alkyl halides is 1. The van der Waals surface area contributed by atoms with Gasteiger partial charge in [-0.25, -0.2) is 4.98 Å². The molecule has 0 saturated heterocycles. The average molecular weight is 305 g/mol. The Bertz CT molecular complexity index is 720. The number of benzene rings is 2. The lowest BCUT2D eigenvalue weighted by Crippen LogP contribution is -2.05. The Balaban J connectivity index is 1.93. The van der Waals surface area contributed by atoms with Gasteiger partial charge in [-0.2, -0.15) is 0 Å². The van der Waals surface area contributed by atoms with Crippen molar-refractivity contribution in [2.24, 2.45) is 0 Å². The summed E-state index contributed by atoms with van der Waals surface area (Å²) in [6, 6.07) is 16.2. The Labute approximate surface area is 128 Å². The Kier molecular flexibility index (Phi) is 3.95. The lowest BCUT2D eigenvalue weighted by Gasteiger charge is -2.07. The molecule has 4 heteroatoms. The Morgan fingerprint density at radius 2 is 1.85 bits per heavy atom. The number of fused-ring (bicyclic) bond motifs is 1. The van der Waals surface area contributed by atoms with Crippen molar-refractivity contribution in [2.45, 2.75) is 18.8 Å². The van der Waals surface area contributed by atoms with Gasteiger partial charge in [0.15, 0.2) is 0 Å². The van der Waals surface area contributed by atoms with Crippen molar-refractivity contribution in [1.29, 1.82) is 0 Å². The molecule has 0 saturated carbocycles. The van der Waals surface area contributed by atoms with Gasteiger partial charge in [-0.1, -0.05) is 41.9 Å². The molecule has 1 aromatic heterocycles. The number of aromatic nitrogens is 2. The molecule has 0 unspecified atom stereocenters. The zero-order chi connectivity index (χ0) is 13.9. The van der Waals surface area contributed by atoms with E-state index >= 15 is 0 Å². The van der Waals surface area contributed by atoms with Crippen molar-refractivity contribution >= 4 is 34.2 Å². The Hall–Kier alpha value is -1.51. The van der Waals surface area contributed by atoms with Crippen molar-refractivity contribution in [3.63, 3.8) is 0 Å². The lowest BCUT2D eigenvalue weighted by molar-refractivity contribution is 0.688. The maximum atomic E-state index is 6.01. The van der Waals surface area contributed by atoms with Crippen molar-refractivity contribution in [2.75, 3.05) is 0 Å². The number of imidazole rings is 1. The van der Waals surface area contributed by atoms with Gasteiger partial charge in [0.25, 0.3) is 0 Å². The van der Waals surface area contributed by atoms with Crippen LogP contribution >= 0.6 is 23.2 Å². The van der Waals surface area contributed by atoms with Gasteiger partial charge in [0.1, 0.15) is 5.82 Å². The first-order valence-corrected chi connectivity index (χ1v) is 7.44. The third kappa shape index (κ3) is 2.67. The summed E-state index contributed by atoms with van der Waals surface area (Å²) in [5.74, 6) is 1.29. The smallest absolute Gasteiger partial charge is 0.124 e. The van der Waals surface area contributed by atoms with Crippen LogP contribution < -0.4 is 0 Å². The normalized spacial score (nSPS) is 11.1. The molecule has 0 N–H and O–H groups in total. The van der Waals surface area contributed by atoms with Crippen LogP contribution in [0.5, 0.6) is 0 Å². The second-order valence-corrected chi connectivity index (χ2v) is 5.39. The predicted octanol–water partition coefficient (Wildman–Crippen LogP) is 4.67. The number of hydrogen-bond donors (Lipinski definition) is 0. The molecular formula is C16H14Cl2N2. The van der Waals surface area contributed by atoms with Crippen LogP contribution in [0.2, 0.25) is 5.02 Å². The van der Waals surface area contributed by atoms with Crippen LogP contribution in [0.15, 0.2) is 48.5 Å². The van der Waals surface area contributed by atoms with Gasteiger partial charge in [0, 0.05) is 11.6 Å². The van der Waals surface area contributed by atoms with Crippen molar-refractivity contribution in [3.05, 3.63) is 64.9 Å². The monoisotopic (exact) mass is 304 g/mol. The van der Waals surface area contributed by atoms with Crippen LogP contribution in [0.3, 0.4) is 0 Å². The van der Waals surface area contributed by atoms with E-state index < -0.39 is 0 Å². The molecule has 0 fully saturated rings. The van der Waals surface area contributed by atoms with E-state index in [2.05, 4.69) is 33.8 Å². The molecular weight excluding hydrogens is 291 g/mol. The highest BCUT2D eigenvalue weighted by molar-refractivity contribution is 6.31. The topological polar surface area (TPSA) is 17.8 Å². The van der Waals surface area contributed by atoms with E-state index in [9.17, 15) is 0 Å². The predicted molar refractivity (Wildman–Crippen MR) is 84.4 cm³/mol. The van der Waals surface area contributed by atoms with Crippen molar-refractivity contribution < 1.29 is 0 Å². The number of halogens is 2. The van der Waals surface area contributed by atoms with Crippen molar-refractivity contribution in [3.8, 4) is 0 Å². The molecule has 2 aromatic carbocycles. The van der Waals surface area contributed by atoms with Gasteiger partial charge in [-0.3, -0.25) is 0 Å². The third-order valence-corrected chi connectivity index (χ3v) is 3.85.